The van der Waals surface area contributed by atoms with Crippen molar-refractivity contribution in [3.8, 4) is 22.3 Å². The highest BCUT2D eigenvalue weighted by Crippen LogP contribution is 2.41. The predicted octanol–water partition coefficient (Wildman–Crippen LogP) is 8.17. The lowest BCUT2D eigenvalue weighted by molar-refractivity contribution is 0.371. The predicted molar refractivity (Wildman–Crippen MR) is 148 cm³/mol. The standard InChI is InChI=1S/C31H26NO3P/c33-36(34,35)23-24-11-17-29(18-12-24)32(30-19-13-27(14-20-30)25-7-3-1-4-8-25)31-21-15-28(16-22-31)26-9-5-2-6-10-26/h1-22H,23H2,(H2,33,34,35). The largest absolute Gasteiger partial charge is 0.329 e. The van der Waals surface area contributed by atoms with Crippen LogP contribution in [0.15, 0.2) is 133 Å². The van der Waals surface area contributed by atoms with Gasteiger partial charge in [-0.1, -0.05) is 97.1 Å². The molecule has 0 aliphatic carbocycles. The normalized spacial score (nSPS) is 11.3. The van der Waals surface area contributed by atoms with Gasteiger partial charge in [0, 0.05) is 17.1 Å². The molecular weight excluding hydrogens is 465 g/mol. The fourth-order valence-electron chi connectivity index (χ4n) is 4.30. The first kappa shape index (κ1) is 23.8. The molecule has 5 aromatic carbocycles. The molecule has 5 rings (SSSR count). The van der Waals surface area contributed by atoms with Gasteiger partial charge in [0.1, 0.15) is 0 Å². The first-order chi connectivity index (χ1) is 17.5. The average Bonchev–Trinajstić information content (AvgIpc) is 2.91. The molecule has 178 valence electrons. The Morgan fingerprint density at radius 2 is 0.806 bits per heavy atom. The molecule has 0 aromatic heterocycles. The van der Waals surface area contributed by atoms with Crippen LogP contribution in [0.1, 0.15) is 5.56 Å². The first-order valence-electron chi connectivity index (χ1n) is 11.7. The van der Waals surface area contributed by atoms with Crippen LogP contribution in [0.4, 0.5) is 17.1 Å². The molecule has 5 aromatic rings. The maximum atomic E-state index is 11.4. The van der Waals surface area contributed by atoms with Gasteiger partial charge in [0.2, 0.25) is 0 Å². The number of nitrogens with zero attached hydrogens (tertiary/aromatic N) is 1. The molecule has 0 atom stereocenters. The minimum Gasteiger partial charge on any atom is -0.324 e. The van der Waals surface area contributed by atoms with E-state index >= 15 is 0 Å². The summed E-state index contributed by atoms with van der Waals surface area (Å²) in [6.45, 7) is 0. The third kappa shape index (κ3) is 5.64. The van der Waals surface area contributed by atoms with Crippen molar-refractivity contribution in [3.05, 3.63) is 139 Å². The smallest absolute Gasteiger partial charge is 0.324 e. The second-order valence-electron chi connectivity index (χ2n) is 8.65. The molecule has 0 unspecified atom stereocenters. The van der Waals surface area contributed by atoms with E-state index in [2.05, 4.69) is 77.7 Å². The Morgan fingerprint density at radius 1 is 0.472 bits per heavy atom. The Kier molecular flexibility index (Phi) is 6.84. The Labute approximate surface area is 211 Å². The molecule has 0 fully saturated rings. The highest BCUT2D eigenvalue weighted by atomic mass is 31.2. The maximum absolute atomic E-state index is 11.4. The molecule has 0 bridgehead atoms. The summed E-state index contributed by atoms with van der Waals surface area (Å²) in [6.07, 6.45) is -0.273. The summed E-state index contributed by atoms with van der Waals surface area (Å²) < 4.78 is 11.4. The molecule has 0 radical (unpaired) electrons. The summed E-state index contributed by atoms with van der Waals surface area (Å²) in [5, 5.41) is 0. The van der Waals surface area contributed by atoms with Crippen molar-refractivity contribution in [3.63, 3.8) is 0 Å². The van der Waals surface area contributed by atoms with Gasteiger partial charge < -0.3 is 14.7 Å². The van der Waals surface area contributed by atoms with Crippen LogP contribution < -0.4 is 4.90 Å². The zero-order valence-electron chi connectivity index (χ0n) is 19.6. The highest BCUT2D eigenvalue weighted by molar-refractivity contribution is 7.50. The van der Waals surface area contributed by atoms with Gasteiger partial charge in [0.25, 0.3) is 0 Å². The molecule has 0 saturated carbocycles. The molecular formula is C31H26NO3P. The molecule has 4 nitrogen and oxygen atoms in total. The Bertz CT molecular complexity index is 1380. The summed E-state index contributed by atoms with van der Waals surface area (Å²) in [6, 6.07) is 44.7. The molecule has 36 heavy (non-hydrogen) atoms. The molecule has 0 aliphatic heterocycles. The van der Waals surface area contributed by atoms with Crippen LogP contribution in [0.2, 0.25) is 0 Å². The fourth-order valence-corrected chi connectivity index (χ4v) is 4.99. The van der Waals surface area contributed by atoms with Crippen LogP contribution in [-0.4, -0.2) is 9.79 Å². The van der Waals surface area contributed by atoms with Crippen LogP contribution >= 0.6 is 7.60 Å². The van der Waals surface area contributed by atoms with E-state index < -0.39 is 7.60 Å². The van der Waals surface area contributed by atoms with Crippen LogP contribution in [0, 0.1) is 0 Å². The van der Waals surface area contributed by atoms with E-state index in [9.17, 15) is 14.4 Å². The van der Waals surface area contributed by atoms with Crippen molar-refractivity contribution in [2.24, 2.45) is 0 Å². The molecule has 2 N–H and O–H groups in total. The topological polar surface area (TPSA) is 60.8 Å². The van der Waals surface area contributed by atoms with Crippen molar-refractivity contribution in [1.29, 1.82) is 0 Å². The highest BCUT2D eigenvalue weighted by Gasteiger charge is 2.16. The van der Waals surface area contributed by atoms with Crippen molar-refractivity contribution in [1.82, 2.24) is 0 Å². The van der Waals surface area contributed by atoms with Gasteiger partial charge in [-0.15, -0.1) is 0 Å². The summed E-state index contributed by atoms with van der Waals surface area (Å²) >= 11 is 0. The SMILES string of the molecule is O=P(O)(O)Cc1ccc(N(c2ccc(-c3ccccc3)cc2)c2ccc(-c3ccccc3)cc2)cc1. The van der Waals surface area contributed by atoms with Gasteiger partial charge in [0.05, 0.1) is 6.16 Å². The van der Waals surface area contributed by atoms with E-state index in [1.165, 1.54) is 0 Å². The number of hydrogen-bond donors (Lipinski definition) is 2. The average molecular weight is 492 g/mol. The Hall–Kier alpha value is -3.95. The third-order valence-electron chi connectivity index (χ3n) is 6.05. The molecule has 0 heterocycles. The van der Waals surface area contributed by atoms with Crippen molar-refractivity contribution in [2.45, 2.75) is 6.16 Å². The number of hydrogen-bond acceptors (Lipinski definition) is 2. The number of anilines is 3. The number of rotatable bonds is 7. The second-order valence-corrected chi connectivity index (χ2v) is 10.3. The van der Waals surface area contributed by atoms with Crippen LogP contribution in [0.25, 0.3) is 22.3 Å². The fraction of sp³-hybridized carbons (Fsp3) is 0.0323. The lowest BCUT2D eigenvalue weighted by atomic mass is 10.0. The molecule has 0 aliphatic rings. The van der Waals surface area contributed by atoms with Crippen molar-refractivity contribution >= 4 is 24.7 Å². The molecule has 0 saturated heterocycles. The zero-order chi connectivity index (χ0) is 25.0. The third-order valence-corrected chi connectivity index (χ3v) is 6.83. The lowest BCUT2D eigenvalue weighted by Crippen LogP contribution is -2.10. The van der Waals surface area contributed by atoms with Crippen LogP contribution in [0.5, 0.6) is 0 Å². The van der Waals surface area contributed by atoms with E-state index in [4.69, 9.17) is 0 Å². The quantitative estimate of drug-likeness (QED) is 0.225. The zero-order valence-corrected chi connectivity index (χ0v) is 20.5. The van der Waals surface area contributed by atoms with Gasteiger partial charge >= 0.3 is 7.60 Å². The van der Waals surface area contributed by atoms with Crippen molar-refractivity contribution in [2.75, 3.05) is 4.90 Å². The summed E-state index contributed by atoms with van der Waals surface area (Å²) in [7, 11) is -4.13. The summed E-state index contributed by atoms with van der Waals surface area (Å²) in [5.74, 6) is 0. The van der Waals surface area contributed by atoms with Crippen LogP contribution in [-0.2, 0) is 10.7 Å². The van der Waals surface area contributed by atoms with Gasteiger partial charge in [-0.3, -0.25) is 4.57 Å². The van der Waals surface area contributed by atoms with Gasteiger partial charge in [0.15, 0.2) is 0 Å². The molecule has 0 amide bonds. The van der Waals surface area contributed by atoms with E-state index in [1.54, 1.807) is 12.1 Å². The van der Waals surface area contributed by atoms with E-state index in [0.717, 1.165) is 39.3 Å². The second kappa shape index (κ2) is 10.3. The van der Waals surface area contributed by atoms with E-state index in [0.29, 0.717) is 5.56 Å². The van der Waals surface area contributed by atoms with E-state index in [1.807, 2.05) is 48.5 Å². The minimum atomic E-state index is -4.13. The lowest BCUT2D eigenvalue weighted by Gasteiger charge is -2.26. The van der Waals surface area contributed by atoms with E-state index in [-0.39, 0.29) is 6.16 Å². The van der Waals surface area contributed by atoms with Gasteiger partial charge in [-0.2, -0.15) is 0 Å². The van der Waals surface area contributed by atoms with Crippen molar-refractivity contribution < 1.29 is 14.4 Å². The van der Waals surface area contributed by atoms with Gasteiger partial charge in [-0.05, 0) is 64.2 Å². The molecule has 5 heteroatoms. The monoisotopic (exact) mass is 491 g/mol. The summed E-state index contributed by atoms with van der Waals surface area (Å²) in [5.41, 5.74) is 8.07. The Morgan fingerprint density at radius 3 is 1.17 bits per heavy atom. The number of benzene rings is 5. The Balaban J connectivity index is 1.52. The summed E-state index contributed by atoms with van der Waals surface area (Å²) in [4.78, 5) is 20.8. The maximum Gasteiger partial charge on any atom is 0.329 e. The minimum absolute atomic E-state index is 0.273. The van der Waals surface area contributed by atoms with Gasteiger partial charge in [-0.25, -0.2) is 0 Å². The van der Waals surface area contributed by atoms with Crippen LogP contribution in [0.3, 0.4) is 0 Å². The first-order valence-corrected chi connectivity index (χ1v) is 13.5. The molecule has 0 spiro atoms.